The Kier molecular flexibility index (Phi) is 7.45. The van der Waals surface area contributed by atoms with Crippen LogP contribution in [0.3, 0.4) is 0 Å². The van der Waals surface area contributed by atoms with Crippen LogP contribution >= 0.6 is 0 Å². The summed E-state index contributed by atoms with van der Waals surface area (Å²) in [6, 6.07) is -0.487. The number of piperidine rings is 1. The standard InChI is InChI=1S/C30H45FN4O4/c31-23-15-21-27-29(26(23)33-16-18-5-7-32-8-6-18)39-25-14-20-4-2-1-3-19(20)13-24(25)35(27)17-22(28(21)36)30(37)34-9-11-38-12-10-34/h17-21,23-27,29,32-33H,1-16H2. The fourth-order valence-electron chi connectivity index (χ4n) is 9.01. The van der Waals surface area contributed by atoms with E-state index in [2.05, 4.69) is 15.5 Å². The molecule has 9 heteroatoms. The van der Waals surface area contributed by atoms with Gasteiger partial charge in [0.2, 0.25) is 0 Å². The number of carbonyl (C=O) groups is 2. The largest absolute Gasteiger partial charge is 0.378 e. The van der Waals surface area contributed by atoms with E-state index in [0.29, 0.717) is 44.1 Å². The topological polar surface area (TPSA) is 83.1 Å². The first kappa shape index (κ1) is 26.4. The minimum absolute atomic E-state index is 0.0175. The Balaban J connectivity index is 1.20. The summed E-state index contributed by atoms with van der Waals surface area (Å²) in [6.07, 6.45) is 9.83. The van der Waals surface area contributed by atoms with Crippen LogP contribution in [0.25, 0.3) is 0 Å². The van der Waals surface area contributed by atoms with Crippen molar-refractivity contribution in [2.45, 2.75) is 94.3 Å². The molecule has 7 rings (SSSR count). The molecule has 9 atom stereocenters. The maximum Gasteiger partial charge on any atom is 0.259 e. The quantitative estimate of drug-likeness (QED) is 0.524. The maximum atomic E-state index is 16.1. The summed E-state index contributed by atoms with van der Waals surface area (Å²) in [5.74, 6) is 0.932. The number of hydrogen-bond acceptors (Lipinski definition) is 7. The van der Waals surface area contributed by atoms with Crippen LogP contribution in [0.2, 0.25) is 0 Å². The van der Waals surface area contributed by atoms with Gasteiger partial charge in [0.1, 0.15) is 6.17 Å². The van der Waals surface area contributed by atoms with Crippen molar-refractivity contribution < 1.29 is 23.5 Å². The third kappa shape index (κ3) is 4.85. The zero-order valence-electron chi connectivity index (χ0n) is 23.1. The zero-order chi connectivity index (χ0) is 26.5. The van der Waals surface area contributed by atoms with Crippen molar-refractivity contribution >= 4 is 11.7 Å². The Morgan fingerprint density at radius 1 is 1.05 bits per heavy atom. The fraction of sp³-hybridized carbons (Fsp3) is 0.867. The highest BCUT2D eigenvalue weighted by molar-refractivity contribution is 6.20. The van der Waals surface area contributed by atoms with E-state index in [9.17, 15) is 9.59 Å². The Morgan fingerprint density at radius 2 is 1.79 bits per heavy atom. The van der Waals surface area contributed by atoms with E-state index < -0.39 is 18.1 Å². The van der Waals surface area contributed by atoms with Gasteiger partial charge in [-0.05, 0) is 69.5 Å². The summed E-state index contributed by atoms with van der Waals surface area (Å²) >= 11 is 0. The molecule has 3 saturated carbocycles. The van der Waals surface area contributed by atoms with Crippen LogP contribution in [0.15, 0.2) is 11.8 Å². The molecule has 4 heterocycles. The Hall–Kier alpha value is -1.55. The smallest absolute Gasteiger partial charge is 0.259 e. The van der Waals surface area contributed by atoms with Gasteiger partial charge in [-0.1, -0.05) is 25.7 Å². The molecule has 0 spiro atoms. The number of rotatable bonds is 4. The van der Waals surface area contributed by atoms with Crippen molar-refractivity contribution in [3.63, 3.8) is 0 Å². The third-order valence-corrected chi connectivity index (χ3v) is 11.1. The van der Waals surface area contributed by atoms with E-state index in [-0.39, 0.29) is 48.0 Å². The molecule has 7 aliphatic rings. The number of Topliss-reactive ketones (excluding diaryl/α,β-unsaturated/α-hetero) is 1. The molecule has 3 aliphatic carbocycles. The van der Waals surface area contributed by atoms with Gasteiger partial charge in [0.05, 0.1) is 49.1 Å². The van der Waals surface area contributed by atoms with Crippen molar-refractivity contribution in [2.24, 2.45) is 23.7 Å². The van der Waals surface area contributed by atoms with Gasteiger partial charge in [-0.25, -0.2) is 4.39 Å². The molecule has 3 saturated heterocycles. The van der Waals surface area contributed by atoms with Gasteiger partial charge in [0.15, 0.2) is 5.78 Å². The number of amides is 1. The lowest BCUT2D eigenvalue weighted by Crippen LogP contribution is -2.73. The minimum Gasteiger partial charge on any atom is -0.378 e. The molecule has 2 N–H and O–H groups in total. The second kappa shape index (κ2) is 11.0. The van der Waals surface area contributed by atoms with Gasteiger partial charge in [-0.3, -0.25) is 9.59 Å². The highest BCUT2D eigenvalue weighted by Crippen LogP contribution is 2.50. The SMILES string of the molecule is O=C1C(C(=O)N2CCOCC2)=CN2C3CC4CCCCC4CC3OC3C(NCC4CCNCC4)C(F)CC1C32. The lowest BCUT2D eigenvalue weighted by molar-refractivity contribution is -0.208. The van der Waals surface area contributed by atoms with E-state index in [1.807, 2.05) is 6.20 Å². The molecular formula is C30H45FN4O4. The number of fused-ring (bicyclic) bond motifs is 3. The Morgan fingerprint density at radius 3 is 2.56 bits per heavy atom. The molecule has 9 unspecified atom stereocenters. The molecule has 1 amide bonds. The fourth-order valence-corrected chi connectivity index (χ4v) is 9.01. The molecular weight excluding hydrogens is 499 g/mol. The molecule has 0 bridgehead atoms. The van der Waals surface area contributed by atoms with Gasteiger partial charge in [-0.2, -0.15) is 0 Å². The predicted octanol–water partition coefficient (Wildman–Crippen LogP) is 2.03. The number of nitrogens with one attached hydrogen (secondary N) is 2. The van der Waals surface area contributed by atoms with E-state index in [0.717, 1.165) is 45.3 Å². The van der Waals surface area contributed by atoms with Crippen LogP contribution < -0.4 is 10.6 Å². The average molecular weight is 545 g/mol. The number of hydrogen-bond donors (Lipinski definition) is 2. The molecule has 6 fully saturated rings. The molecule has 8 nitrogen and oxygen atoms in total. The number of ketones is 1. The summed E-state index contributed by atoms with van der Waals surface area (Å²) in [5, 5.41) is 7.02. The van der Waals surface area contributed by atoms with Crippen molar-refractivity contribution in [3.05, 3.63) is 11.8 Å². The summed E-state index contributed by atoms with van der Waals surface area (Å²) in [7, 11) is 0. The molecule has 0 aromatic carbocycles. The van der Waals surface area contributed by atoms with Crippen molar-refractivity contribution in [3.8, 4) is 0 Å². The lowest BCUT2D eigenvalue weighted by atomic mass is 9.65. The average Bonchev–Trinajstić information content (AvgIpc) is 2.97. The van der Waals surface area contributed by atoms with Crippen LogP contribution in [0.5, 0.6) is 0 Å². The second-order valence-electron chi connectivity index (χ2n) is 13.2. The Labute approximate surface area is 231 Å². The number of nitrogens with zero attached hydrogens (tertiary/aromatic N) is 2. The van der Waals surface area contributed by atoms with Crippen molar-refractivity contribution in [2.75, 3.05) is 45.9 Å². The van der Waals surface area contributed by atoms with Crippen LogP contribution in [-0.4, -0.2) is 104 Å². The summed E-state index contributed by atoms with van der Waals surface area (Å²) in [5.41, 5.74) is 0.247. The van der Waals surface area contributed by atoms with Crippen molar-refractivity contribution in [1.29, 1.82) is 0 Å². The molecule has 39 heavy (non-hydrogen) atoms. The lowest BCUT2D eigenvalue weighted by Gasteiger charge is -2.61. The zero-order valence-corrected chi connectivity index (χ0v) is 23.1. The monoisotopic (exact) mass is 544 g/mol. The molecule has 0 aromatic rings. The number of halogens is 1. The Bertz CT molecular complexity index is 967. The van der Waals surface area contributed by atoms with E-state index in [1.54, 1.807) is 4.90 Å². The van der Waals surface area contributed by atoms with E-state index in [4.69, 9.17) is 9.47 Å². The van der Waals surface area contributed by atoms with Crippen LogP contribution in [0.4, 0.5) is 4.39 Å². The number of ether oxygens (including phenoxy) is 2. The van der Waals surface area contributed by atoms with Crippen molar-refractivity contribution in [1.82, 2.24) is 20.4 Å². The highest BCUT2D eigenvalue weighted by Gasteiger charge is 2.59. The highest BCUT2D eigenvalue weighted by atomic mass is 19.1. The number of morpholine rings is 2. The van der Waals surface area contributed by atoms with Gasteiger partial charge < -0.3 is 29.9 Å². The number of carbonyl (C=O) groups excluding carboxylic acids is 2. The van der Waals surface area contributed by atoms with Gasteiger partial charge in [0, 0.05) is 25.2 Å². The van der Waals surface area contributed by atoms with Crippen LogP contribution in [0.1, 0.15) is 57.8 Å². The minimum atomic E-state index is -1.18. The molecule has 0 radical (unpaired) electrons. The van der Waals surface area contributed by atoms with Gasteiger partial charge in [-0.15, -0.1) is 0 Å². The summed E-state index contributed by atoms with van der Waals surface area (Å²) < 4.78 is 28.4. The summed E-state index contributed by atoms with van der Waals surface area (Å²) in [6.45, 7) is 4.78. The van der Waals surface area contributed by atoms with E-state index in [1.165, 1.54) is 25.7 Å². The van der Waals surface area contributed by atoms with Gasteiger partial charge in [0.25, 0.3) is 5.91 Å². The predicted molar refractivity (Wildman–Crippen MR) is 144 cm³/mol. The number of alkyl halides is 1. The van der Waals surface area contributed by atoms with Crippen LogP contribution in [-0.2, 0) is 19.1 Å². The maximum absolute atomic E-state index is 16.1. The first-order valence-electron chi connectivity index (χ1n) is 15.7. The first-order valence-corrected chi connectivity index (χ1v) is 15.7. The summed E-state index contributed by atoms with van der Waals surface area (Å²) in [4.78, 5) is 31.6. The van der Waals surface area contributed by atoms with Gasteiger partial charge >= 0.3 is 0 Å². The third-order valence-electron chi connectivity index (χ3n) is 11.1. The first-order chi connectivity index (χ1) is 19.1. The second-order valence-corrected chi connectivity index (χ2v) is 13.2. The van der Waals surface area contributed by atoms with E-state index >= 15 is 4.39 Å². The van der Waals surface area contributed by atoms with Crippen LogP contribution in [0, 0.1) is 23.7 Å². The molecule has 0 aromatic heterocycles. The normalized spacial score (nSPS) is 42.7. The molecule has 216 valence electrons. The molecule has 4 aliphatic heterocycles.